The van der Waals surface area contributed by atoms with Crippen molar-refractivity contribution >= 4 is 11.8 Å². The summed E-state index contributed by atoms with van der Waals surface area (Å²) in [6, 6.07) is 8.12. The molecule has 0 saturated heterocycles. The Bertz CT molecular complexity index is 284. The van der Waals surface area contributed by atoms with Crippen LogP contribution in [0.3, 0.4) is 0 Å². The third-order valence-corrected chi connectivity index (χ3v) is 3.07. The van der Waals surface area contributed by atoms with Gasteiger partial charge in [0.1, 0.15) is 11.9 Å². The molecule has 0 aliphatic carbocycles. The number of hydrogen-bond acceptors (Lipinski definition) is 3. The standard InChI is InChI=1S/C12H19NOS/c1-9(2)12(8-13)14-10-4-6-11(15-3)7-5-10/h4-7,9,12H,8,13H2,1-3H3. The van der Waals surface area contributed by atoms with Crippen LogP contribution in [0, 0.1) is 5.92 Å². The second-order valence-corrected chi connectivity index (χ2v) is 4.69. The maximum Gasteiger partial charge on any atom is 0.119 e. The molecule has 0 radical (unpaired) electrons. The van der Waals surface area contributed by atoms with E-state index in [9.17, 15) is 0 Å². The second kappa shape index (κ2) is 6.03. The summed E-state index contributed by atoms with van der Waals surface area (Å²) in [7, 11) is 0. The molecule has 0 saturated carbocycles. The molecule has 1 aromatic rings. The summed E-state index contributed by atoms with van der Waals surface area (Å²) in [6.07, 6.45) is 2.16. The lowest BCUT2D eigenvalue weighted by Gasteiger charge is -2.20. The highest BCUT2D eigenvalue weighted by Crippen LogP contribution is 2.20. The van der Waals surface area contributed by atoms with Gasteiger partial charge in [-0.3, -0.25) is 0 Å². The Morgan fingerprint density at radius 2 is 1.87 bits per heavy atom. The molecule has 0 aliphatic rings. The fourth-order valence-electron chi connectivity index (χ4n) is 1.29. The summed E-state index contributed by atoms with van der Waals surface area (Å²) in [5.41, 5.74) is 5.65. The predicted molar refractivity (Wildman–Crippen MR) is 66.5 cm³/mol. The van der Waals surface area contributed by atoms with Crippen molar-refractivity contribution in [3.63, 3.8) is 0 Å². The Hall–Kier alpha value is -0.670. The average Bonchev–Trinajstić information content (AvgIpc) is 2.26. The molecule has 1 atom stereocenters. The van der Waals surface area contributed by atoms with Gasteiger partial charge in [-0.1, -0.05) is 13.8 Å². The summed E-state index contributed by atoms with van der Waals surface area (Å²) in [6.45, 7) is 4.80. The summed E-state index contributed by atoms with van der Waals surface area (Å²) < 4.78 is 5.79. The average molecular weight is 225 g/mol. The Balaban J connectivity index is 2.63. The highest BCUT2D eigenvalue weighted by Gasteiger charge is 2.12. The van der Waals surface area contributed by atoms with Crippen molar-refractivity contribution in [1.29, 1.82) is 0 Å². The molecule has 0 bridgehead atoms. The molecule has 0 aliphatic heterocycles. The molecule has 1 unspecified atom stereocenters. The van der Waals surface area contributed by atoms with E-state index in [-0.39, 0.29) is 6.10 Å². The van der Waals surface area contributed by atoms with Gasteiger partial charge in [-0.15, -0.1) is 11.8 Å². The summed E-state index contributed by atoms with van der Waals surface area (Å²) in [5.74, 6) is 1.34. The minimum atomic E-state index is 0.102. The molecule has 84 valence electrons. The third-order valence-electron chi connectivity index (χ3n) is 2.32. The van der Waals surface area contributed by atoms with Crippen LogP contribution < -0.4 is 10.5 Å². The highest BCUT2D eigenvalue weighted by molar-refractivity contribution is 7.98. The number of benzene rings is 1. The van der Waals surface area contributed by atoms with Gasteiger partial charge in [0, 0.05) is 11.4 Å². The van der Waals surface area contributed by atoms with Gasteiger partial charge in [-0.2, -0.15) is 0 Å². The van der Waals surface area contributed by atoms with Gasteiger partial charge in [0.2, 0.25) is 0 Å². The van der Waals surface area contributed by atoms with Crippen LogP contribution in [0.15, 0.2) is 29.2 Å². The van der Waals surface area contributed by atoms with Gasteiger partial charge in [0.05, 0.1) is 0 Å². The van der Waals surface area contributed by atoms with Crippen LogP contribution in [0.2, 0.25) is 0 Å². The van der Waals surface area contributed by atoms with E-state index in [1.807, 2.05) is 12.1 Å². The van der Waals surface area contributed by atoms with Gasteiger partial charge in [0.15, 0.2) is 0 Å². The van der Waals surface area contributed by atoms with E-state index in [4.69, 9.17) is 10.5 Å². The van der Waals surface area contributed by atoms with E-state index in [0.29, 0.717) is 12.5 Å². The molecule has 2 nitrogen and oxygen atoms in total. The second-order valence-electron chi connectivity index (χ2n) is 3.81. The van der Waals surface area contributed by atoms with Gasteiger partial charge in [-0.05, 0) is 36.4 Å². The topological polar surface area (TPSA) is 35.2 Å². The van der Waals surface area contributed by atoms with Crippen LogP contribution in [0.1, 0.15) is 13.8 Å². The molecule has 0 spiro atoms. The molecule has 0 amide bonds. The van der Waals surface area contributed by atoms with Crippen molar-refractivity contribution in [2.45, 2.75) is 24.8 Å². The number of thioether (sulfide) groups is 1. The summed E-state index contributed by atoms with van der Waals surface area (Å²) in [5, 5.41) is 0. The van der Waals surface area contributed by atoms with Gasteiger partial charge in [-0.25, -0.2) is 0 Å². The fourth-order valence-corrected chi connectivity index (χ4v) is 1.69. The van der Waals surface area contributed by atoms with Crippen LogP contribution in [-0.2, 0) is 0 Å². The Morgan fingerprint density at radius 1 is 1.27 bits per heavy atom. The largest absolute Gasteiger partial charge is 0.489 e. The Labute approximate surface area is 96.2 Å². The van der Waals surface area contributed by atoms with Crippen LogP contribution in [0.4, 0.5) is 0 Å². The molecule has 3 heteroatoms. The van der Waals surface area contributed by atoms with Crippen molar-refractivity contribution in [3.05, 3.63) is 24.3 Å². The zero-order valence-electron chi connectivity index (χ0n) is 9.57. The van der Waals surface area contributed by atoms with Gasteiger partial charge < -0.3 is 10.5 Å². The zero-order valence-corrected chi connectivity index (χ0v) is 10.4. The van der Waals surface area contributed by atoms with Crippen LogP contribution in [-0.4, -0.2) is 18.9 Å². The van der Waals surface area contributed by atoms with Crippen molar-refractivity contribution in [2.75, 3.05) is 12.8 Å². The first-order valence-electron chi connectivity index (χ1n) is 5.18. The van der Waals surface area contributed by atoms with Gasteiger partial charge >= 0.3 is 0 Å². The van der Waals surface area contributed by atoms with E-state index in [2.05, 4.69) is 32.2 Å². The Morgan fingerprint density at radius 3 is 2.27 bits per heavy atom. The van der Waals surface area contributed by atoms with Crippen molar-refractivity contribution in [2.24, 2.45) is 11.7 Å². The lowest BCUT2D eigenvalue weighted by molar-refractivity contribution is 0.159. The van der Waals surface area contributed by atoms with Crippen molar-refractivity contribution in [1.82, 2.24) is 0 Å². The maximum absolute atomic E-state index is 5.79. The third kappa shape index (κ3) is 3.76. The monoisotopic (exact) mass is 225 g/mol. The van der Waals surface area contributed by atoms with Crippen molar-refractivity contribution in [3.8, 4) is 5.75 Å². The van der Waals surface area contributed by atoms with E-state index < -0.39 is 0 Å². The predicted octanol–water partition coefficient (Wildman–Crippen LogP) is 2.77. The number of hydrogen-bond donors (Lipinski definition) is 1. The number of nitrogens with two attached hydrogens (primary N) is 1. The minimum Gasteiger partial charge on any atom is -0.489 e. The lowest BCUT2D eigenvalue weighted by Crippen LogP contribution is -2.31. The lowest BCUT2D eigenvalue weighted by atomic mass is 10.1. The first-order chi connectivity index (χ1) is 7.17. The van der Waals surface area contributed by atoms with Crippen LogP contribution in [0.25, 0.3) is 0 Å². The normalized spacial score (nSPS) is 12.9. The van der Waals surface area contributed by atoms with Crippen LogP contribution >= 0.6 is 11.8 Å². The molecule has 2 N–H and O–H groups in total. The maximum atomic E-state index is 5.79. The smallest absolute Gasteiger partial charge is 0.119 e. The van der Waals surface area contributed by atoms with E-state index >= 15 is 0 Å². The van der Waals surface area contributed by atoms with E-state index in [1.54, 1.807) is 11.8 Å². The first kappa shape index (κ1) is 12.4. The number of ether oxygens (including phenoxy) is 1. The fraction of sp³-hybridized carbons (Fsp3) is 0.500. The SMILES string of the molecule is CSc1ccc(OC(CN)C(C)C)cc1. The van der Waals surface area contributed by atoms with E-state index in [1.165, 1.54) is 4.90 Å². The van der Waals surface area contributed by atoms with Gasteiger partial charge in [0.25, 0.3) is 0 Å². The molecular formula is C12H19NOS. The first-order valence-corrected chi connectivity index (χ1v) is 6.40. The zero-order chi connectivity index (χ0) is 11.3. The molecule has 1 rings (SSSR count). The van der Waals surface area contributed by atoms with Crippen LogP contribution in [0.5, 0.6) is 5.75 Å². The Kier molecular flexibility index (Phi) is 4.99. The summed E-state index contributed by atoms with van der Waals surface area (Å²) in [4.78, 5) is 1.25. The quantitative estimate of drug-likeness (QED) is 0.783. The summed E-state index contributed by atoms with van der Waals surface area (Å²) >= 11 is 1.73. The molecule has 0 fully saturated rings. The highest BCUT2D eigenvalue weighted by atomic mass is 32.2. The minimum absolute atomic E-state index is 0.102. The molecule has 15 heavy (non-hydrogen) atoms. The molecule has 0 aromatic heterocycles. The van der Waals surface area contributed by atoms with Crippen molar-refractivity contribution < 1.29 is 4.74 Å². The van der Waals surface area contributed by atoms with E-state index in [0.717, 1.165) is 5.75 Å². The molecular weight excluding hydrogens is 206 g/mol. The number of rotatable bonds is 5. The molecule has 1 aromatic carbocycles. The molecule has 0 heterocycles.